The fourth-order valence-corrected chi connectivity index (χ4v) is 2.56. The van der Waals surface area contributed by atoms with Crippen molar-refractivity contribution in [3.05, 3.63) is 70.4 Å². The minimum atomic E-state index is 0.678. The van der Waals surface area contributed by atoms with Gasteiger partial charge in [0, 0.05) is 16.6 Å². The molecule has 0 unspecified atom stereocenters. The molecule has 3 nitrogen and oxygen atoms in total. The van der Waals surface area contributed by atoms with Crippen LogP contribution in [0.25, 0.3) is 10.9 Å². The molecular formula is C19H18ClN3. The lowest BCUT2D eigenvalue weighted by molar-refractivity contribution is 1.29. The minimum absolute atomic E-state index is 0.678. The summed E-state index contributed by atoms with van der Waals surface area (Å²) in [5.74, 6) is 0. The van der Waals surface area contributed by atoms with Crippen molar-refractivity contribution in [2.24, 2.45) is 5.10 Å². The molecule has 3 rings (SSSR count). The molecule has 0 atom stereocenters. The fraction of sp³-hybridized carbons (Fsp3) is 0.158. The minimum Gasteiger partial charge on any atom is -0.277 e. The number of aryl methyl sites for hydroxylation is 2. The number of anilines is 1. The van der Waals surface area contributed by atoms with Crippen molar-refractivity contribution < 1.29 is 0 Å². The maximum atomic E-state index is 6.02. The quantitative estimate of drug-likeness (QED) is 0.521. The molecular weight excluding hydrogens is 306 g/mol. The van der Waals surface area contributed by atoms with E-state index in [1.807, 2.05) is 31.2 Å². The molecule has 116 valence electrons. The second kappa shape index (κ2) is 6.39. The Labute approximate surface area is 141 Å². The summed E-state index contributed by atoms with van der Waals surface area (Å²) in [4.78, 5) is 4.34. The molecule has 1 heterocycles. The number of aromatic nitrogens is 1. The Hall–Kier alpha value is -2.39. The zero-order valence-electron chi connectivity index (χ0n) is 13.4. The van der Waals surface area contributed by atoms with Crippen LogP contribution in [0.15, 0.2) is 53.8 Å². The zero-order valence-corrected chi connectivity index (χ0v) is 14.1. The van der Waals surface area contributed by atoms with Crippen molar-refractivity contribution in [1.82, 2.24) is 4.98 Å². The van der Waals surface area contributed by atoms with Gasteiger partial charge in [-0.2, -0.15) is 5.10 Å². The largest absolute Gasteiger partial charge is 0.277 e. The van der Waals surface area contributed by atoms with Crippen LogP contribution in [0.3, 0.4) is 0 Å². The second-order valence-electron chi connectivity index (χ2n) is 5.63. The van der Waals surface area contributed by atoms with Crippen LogP contribution in [-0.4, -0.2) is 10.7 Å². The number of halogens is 1. The molecule has 1 aromatic heterocycles. The van der Waals surface area contributed by atoms with E-state index in [1.165, 1.54) is 11.1 Å². The average molecular weight is 324 g/mol. The van der Waals surface area contributed by atoms with Gasteiger partial charge in [0.05, 0.1) is 16.9 Å². The number of nitrogens with zero attached hydrogens (tertiary/aromatic N) is 2. The van der Waals surface area contributed by atoms with E-state index in [1.54, 1.807) is 6.20 Å². The Morgan fingerprint density at radius 3 is 2.65 bits per heavy atom. The Bertz CT molecular complexity index is 900. The van der Waals surface area contributed by atoms with E-state index in [0.717, 1.165) is 27.9 Å². The lowest BCUT2D eigenvalue weighted by Crippen LogP contribution is -2.01. The van der Waals surface area contributed by atoms with Crippen molar-refractivity contribution >= 4 is 33.9 Å². The molecule has 4 heteroatoms. The third-order valence-corrected chi connectivity index (χ3v) is 4.21. The SMILES string of the molecule is CC(=NNc1ccnc2cc(Cl)ccc12)c1ccc(C)c(C)c1. The van der Waals surface area contributed by atoms with Gasteiger partial charge in [0.1, 0.15) is 0 Å². The third kappa shape index (κ3) is 3.35. The van der Waals surface area contributed by atoms with Gasteiger partial charge in [-0.3, -0.25) is 10.4 Å². The molecule has 0 aliphatic heterocycles. The maximum absolute atomic E-state index is 6.02. The molecule has 0 amide bonds. The number of nitrogens with one attached hydrogen (secondary N) is 1. The first-order valence-corrected chi connectivity index (χ1v) is 7.84. The first kappa shape index (κ1) is 15.5. The van der Waals surface area contributed by atoms with Crippen molar-refractivity contribution in [1.29, 1.82) is 0 Å². The predicted molar refractivity (Wildman–Crippen MR) is 98.5 cm³/mol. The predicted octanol–water partition coefficient (Wildman–Crippen LogP) is 5.34. The van der Waals surface area contributed by atoms with Gasteiger partial charge < -0.3 is 0 Å². The summed E-state index contributed by atoms with van der Waals surface area (Å²) < 4.78 is 0. The van der Waals surface area contributed by atoms with Gasteiger partial charge in [-0.25, -0.2) is 0 Å². The summed E-state index contributed by atoms with van der Waals surface area (Å²) in [6, 6.07) is 13.9. The molecule has 2 aromatic carbocycles. The summed E-state index contributed by atoms with van der Waals surface area (Å²) in [5, 5.41) is 6.19. The summed E-state index contributed by atoms with van der Waals surface area (Å²) in [6.45, 7) is 6.22. The van der Waals surface area contributed by atoms with Gasteiger partial charge >= 0.3 is 0 Å². The fourth-order valence-electron chi connectivity index (χ4n) is 2.39. The second-order valence-corrected chi connectivity index (χ2v) is 6.06. The van der Waals surface area contributed by atoms with Gasteiger partial charge in [0.2, 0.25) is 0 Å². The number of benzene rings is 2. The molecule has 0 radical (unpaired) electrons. The van der Waals surface area contributed by atoms with E-state index in [-0.39, 0.29) is 0 Å². The highest BCUT2D eigenvalue weighted by atomic mass is 35.5. The Balaban J connectivity index is 1.91. The number of fused-ring (bicyclic) bond motifs is 1. The molecule has 0 saturated heterocycles. The molecule has 23 heavy (non-hydrogen) atoms. The normalized spacial score (nSPS) is 11.7. The number of rotatable bonds is 3. The molecule has 0 spiro atoms. The van der Waals surface area contributed by atoms with Crippen LogP contribution in [0.1, 0.15) is 23.6 Å². The highest BCUT2D eigenvalue weighted by Gasteiger charge is 2.03. The first-order chi connectivity index (χ1) is 11.0. The highest BCUT2D eigenvalue weighted by Crippen LogP contribution is 2.24. The maximum Gasteiger partial charge on any atom is 0.0738 e. The molecule has 0 fully saturated rings. The number of hydrogen-bond donors (Lipinski definition) is 1. The number of pyridine rings is 1. The van der Waals surface area contributed by atoms with Crippen LogP contribution in [-0.2, 0) is 0 Å². The van der Waals surface area contributed by atoms with Crippen LogP contribution >= 0.6 is 11.6 Å². The lowest BCUT2D eigenvalue weighted by Gasteiger charge is -2.08. The molecule has 0 bridgehead atoms. The first-order valence-electron chi connectivity index (χ1n) is 7.47. The topological polar surface area (TPSA) is 37.3 Å². The van der Waals surface area contributed by atoms with Gasteiger partial charge in [0.15, 0.2) is 0 Å². The molecule has 0 aliphatic rings. The Morgan fingerprint density at radius 1 is 1.04 bits per heavy atom. The van der Waals surface area contributed by atoms with E-state index in [2.05, 4.69) is 47.6 Å². The third-order valence-electron chi connectivity index (χ3n) is 3.97. The van der Waals surface area contributed by atoms with E-state index in [0.29, 0.717) is 5.02 Å². The van der Waals surface area contributed by atoms with Gasteiger partial charge in [0.25, 0.3) is 0 Å². The summed E-state index contributed by atoms with van der Waals surface area (Å²) in [7, 11) is 0. The Kier molecular flexibility index (Phi) is 4.30. The monoisotopic (exact) mass is 323 g/mol. The molecule has 1 N–H and O–H groups in total. The molecule has 3 aromatic rings. The standard InChI is InChI=1S/C19H18ClN3/c1-12-4-5-15(10-13(12)2)14(3)22-23-18-8-9-21-19-11-16(20)6-7-17(18)19/h4-11H,1-3H3,(H,21,23). The molecule has 0 saturated carbocycles. The van der Waals surface area contributed by atoms with Gasteiger partial charge in [-0.15, -0.1) is 0 Å². The van der Waals surface area contributed by atoms with Crippen molar-refractivity contribution in [2.75, 3.05) is 5.43 Å². The smallest absolute Gasteiger partial charge is 0.0738 e. The van der Waals surface area contributed by atoms with E-state index in [9.17, 15) is 0 Å². The van der Waals surface area contributed by atoms with E-state index in [4.69, 9.17) is 11.6 Å². The van der Waals surface area contributed by atoms with Gasteiger partial charge in [-0.1, -0.05) is 23.7 Å². The van der Waals surface area contributed by atoms with Crippen LogP contribution < -0.4 is 5.43 Å². The van der Waals surface area contributed by atoms with Crippen molar-refractivity contribution in [3.63, 3.8) is 0 Å². The van der Waals surface area contributed by atoms with E-state index >= 15 is 0 Å². The summed E-state index contributed by atoms with van der Waals surface area (Å²) in [5.41, 5.74) is 9.50. The average Bonchev–Trinajstić information content (AvgIpc) is 2.54. The molecule has 0 aliphatic carbocycles. The summed E-state index contributed by atoms with van der Waals surface area (Å²) >= 11 is 6.02. The highest BCUT2D eigenvalue weighted by molar-refractivity contribution is 6.31. The van der Waals surface area contributed by atoms with Gasteiger partial charge in [-0.05, 0) is 67.8 Å². The Morgan fingerprint density at radius 2 is 1.87 bits per heavy atom. The van der Waals surface area contributed by atoms with E-state index < -0.39 is 0 Å². The van der Waals surface area contributed by atoms with Crippen molar-refractivity contribution in [2.45, 2.75) is 20.8 Å². The van der Waals surface area contributed by atoms with Crippen LogP contribution in [0.4, 0.5) is 5.69 Å². The summed E-state index contributed by atoms with van der Waals surface area (Å²) in [6.07, 6.45) is 1.75. The zero-order chi connectivity index (χ0) is 16.4. The van der Waals surface area contributed by atoms with Crippen molar-refractivity contribution in [3.8, 4) is 0 Å². The van der Waals surface area contributed by atoms with Crippen LogP contribution in [0, 0.1) is 13.8 Å². The number of hydrogen-bond acceptors (Lipinski definition) is 3. The van der Waals surface area contributed by atoms with Crippen LogP contribution in [0.5, 0.6) is 0 Å². The lowest BCUT2D eigenvalue weighted by atomic mass is 10.0. The number of hydrazone groups is 1. The van der Waals surface area contributed by atoms with Crippen LogP contribution in [0.2, 0.25) is 5.02 Å².